The molecule has 1 aromatic rings. The summed E-state index contributed by atoms with van der Waals surface area (Å²) < 4.78 is 0. The van der Waals surface area contributed by atoms with E-state index in [0.29, 0.717) is 0 Å². The first kappa shape index (κ1) is 12.8. The molecule has 0 heterocycles. The zero-order valence-corrected chi connectivity index (χ0v) is 10.5. The van der Waals surface area contributed by atoms with Gasteiger partial charge >= 0.3 is 0 Å². The van der Waals surface area contributed by atoms with Crippen LogP contribution in [0.2, 0.25) is 0 Å². The van der Waals surface area contributed by atoms with E-state index in [1.165, 1.54) is 36.0 Å². The zero-order chi connectivity index (χ0) is 11.8. The molecule has 0 aliphatic carbocycles. The second kappa shape index (κ2) is 7.05. The first-order valence-electron chi connectivity index (χ1n) is 6.21. The molecule has 0 aliphatic rings. The maximum Gasteiger partial charge on any atom is -0.0224 e. The molecule has 0 aromatic heterocycles. The van der Waals surface area contributed by atoms with Gasteiger partial charge in [0.1, 0.15) is 0 Å². The molecule has 0 unspecified atom stereocenters. The Balaban J connectivity index is 2.78. The molecule has 0 atom stereocenters. The van der Waals surface area contributed by atoms with Gasteiger partial charge in [0.25, 0.3) is 0 Å². The summed E-state index contributed by atoms with van der Waals surface area (Å²) in [5.74, 6) is 0. The summed E-state index contributed by atoms with van der Waals surface area (Å²) in [6, 6.07) is 8.63. The zero-order valence-electron chi connectivity index (χ0n) is 10.5. The fraction of sp³-hybridized carbons (Fsp3) is 0.375. The number of allylic oxidation sites excluding steroid dienone is 2. The molecular weight excluding hydrogens is 192 g/mol. The lowest BCUT2D eigenvalue weighted by atomic mass is 10.0. The van der Waals surface area contributed by atoms with Gasteiger partial charge in [-0.15, -0.1) is 0 Å². The summed E-state index contributed by atoms with van der Waals surface area (Å²) in [4.78, 5) is 0. The largest absolute Gasteiger partial charge is 0.0958 e. The van der Waals surface area contributed by atoms with Crippen molar-refractivity contribution in [2.24, 2.45) is 0 Å². The van der Waals surface area contributed by atoms with Gasteiger partial charge in [0.05, 0.1) is 0 Å². The van der Waals surface area contributed by atoms with Crippen LogP contribution in [0.1, 0.15) is 44.2 Å². The lowest BCUT2D eigenvalue weighted by Gasteiger charge is -2.05. The van der Waals surface area contributed by atoms with Gasteiger partial charge in [-0.1, -0.05) is 68.8 Å². The van der Waals surface area contributed by atoms with Gasteiger partial charge in [-0.05, 0) is 30.4 Å². The van der Waals surface area contributed by atoms with E-state index in [2.05, 4.69) is 56.8 Å². The second-order valence-corrected chi connectivity index (χ2v) is 4.15. The lowest BCUT2D eigenvalue weighted by Crippen LogP contribution is -1.88. The van der Waals surface area contributed by atoms with Crippen molar-refractivity contribution in [2.45, 2.75) is 39.5 Å². The van der Waals surface area contributed by atoms with Gasteiger partial charge in [-0.2, -0.15) is 0 Å². The van der Waals surface area contributed by atoms with Crippen LogP contribution in [0.15, 0.2) is 42.5 Å². The predicted molar refractivity (Wildman–Crippen MR) is 73.5 cm³/mol. The average molecular weight is 214 g/mol. The van der Waals surface area contributed by atoms with Crippen LogP contribution in [0.5, 0.6) is 0 Å². The number of aryl methyl sites for hydroxylation is 1. The molecule has 0 amide bonds. The summed E-state index contributed by atoms with van der Waals surface area (Å²) in [7, 11) is 0. The van der Waals surface area contributed by atoms with E-state index >= 15 is 0 Å². The first-order valence-corrected chi connectivity index (χ1v) is 6.21. The lowest BCUT2D eigenvalue weighted by molar-refractivity contribution is 0.794. The van der Waals surface area contributed by atoms with Gasteiger partial charge < -0.3 is 0 Å². The van der Waals surface area contributed by atoms with Crippen LogP contribution in [-0.4, -0.2) is 0 Å². The standard InChI is InChI=1S/C16H22/c1-4-6-9-15-10-7-8-11-16(15)13-12-14(3)5-2/h7-8,10-13H,3-6,9H2,1-2H3/b13-12-. The van der Waals surface area contributed by atoms with E-state index in [9.17, 15) is 0 Å². The molecule has 0 saturated heterocycles. The maximum atomic E-state index is 3.99. The van der Waals surface area contributed by atoms with Crippen LogP contribution in [-0.2, 0) is 6.42 Å². The number of hydrogen-bond donors (Lipinski definition) is 0. The summed E-state index contributed by atoms with van der Waals surface area (Å²) in [5, 5.41) is 0. The molecular formula is C16H22. The molecule has 1 rings (SSSR count). The van der Waals surface area contributed by atoms with E-state index in [-0.39, 0.29) is 0 Å². The van der Waals surface area contributed by atoms with Crippen LogP contribution in [0, 0.1) is 0 Å². The molecule has 0 heteroatoms. The Kier molecular flexibility index (Phi) is 5.63. The molecule has 16 heavy (non-hydrogen) atoms. The third-order valence-corrected chi connectivity index (χ3v) is 2.81. The molecule has 0 saturated carbocycles. The highest BCUT2D eigenvalue weighted by Gasteiger charge is 1.97. The monoisotopic (exact) mass is 214 g/mol. The highest BCUT2D eigenvalue weighted by molar-refractivity contribution is 5.56. The van der Waals surface area contributed by atoms with E-state index < -0.39 is 0 Å². The Labute approximate surface area is 99.7 Å². The normalized spacial score (nSPS) is 10.9. The average Bonchev–Trinajstić information content (AvgIpc) is 2.34. The van der Waals surface area contributed by atoms with Crippen LogP contribution >= 0.6 is 0 Å². The summed E-state index contributed by atoms with van der Waals surface area (Å²) in [5.41, 5.74) is 3.97. The highest BCUT2D eigenvalue weighted by atomic mass is 14.0. The van der Waals surface area contributed by atoms with Crippen molar-refractivity contribution in [1.82, 2.24) is 0 Å². The second-order valence-electron chi connectivity index (χ2n) is 4.15. The van der Waals surface area contributed by atoms with Gasteiger partial charge in [0.15, 0.2) is 0 Å². The summed E-state index contributed by atoms with van der Waals surface area (Å²) in [6.45, 7) is 8.36. The molecule has 0 N–H and O–H groups in total. The van der Waals surface area contributed by atoms with Crippen molar-refractivity contribution in [2.75, 3.05) is 0 Å². The summed E-state index contributed by atoms with van der Waals surface area (Å²) >= 11 is 0. The number of unbranched alkanes of at least 4 members (excludes halogenated alkanes) is 1. The van der Waals surface area contributed by atoms with Gasteiger partial charge in [-0.3, -0.25) is 0 Å². The quantitative estimate of drug-likeness (QED) is 0.584. The van der Waals surface area contributed by atoms with E-state index in [4.69, 9.17) is 0 Å². The van der Waals surface area contributed by atoms with Gasteiger partial charge in [0, 0.05) is 0 Å². The molecule has 0 radical (unpaired) electrons. The molecule has 1 aromatic carbocycles. The van der Waals surface area contributed by atoms with Crippen molar-refractivity contribution >= 4 is 6.08 Å². The topological polar surface area (TPSA) is 0 Å². The Morgan fingerprint density at radius 3 is 2.69 bits per heavy atom. The minimum absolute atomic E-state index is 1.02. The van der Waals surface area contributed by atoms with Crippen molar-refractivity contribution in [1.29, 1.82) is 0 Å². The van der Waals surface area contributed by atoms with E-state index in [0.717, 1.165) is 6.42 Å². The number of benzene rings is 1. The van der Waals surface area contributed by atoms with Crippen molar-refractivity contribution < 1.29 is 0 Å². The third kappa shape index (κ3) is 4.06. The number of hydrogen-bond acceptors (Lipinski definition) is 0. The maximum absolute atomic E-state index is 3.99. The Hall–Kier alpha value is -1.30. The Morgan fingerprint density at radius 1 is 1.25 bits per heavy atom. The SMILES string of the molecule is C=C(/C=C\c1ccccc1CCCC)CC. The van der Waals surface area contributed by atoms with Crippen molar-refractivity contribution in [3.63, 3.8) is 0 Å². The minimum Gasteiger partial charge on any atom is -0.0958 e. The molecule has 86 valence electrons. The molecule has 0 aliphatic heterocycles. The fourth-order valence-electron chi connectivity index (χ4n) is 1.62. The van der Waals surface area contributed by atoms with Gasteiger partial charge in [0.2, 0.25) is 0 Å². The van der Waals surface area contributed by atoms with E-state index in [1.54, 1.807) is 0 Å². The van der Waals surface area contributed by atoms with Gasteiger partial charge in [-0.25, -0.2) is 0 Å². The van der Waals surface area contributed by atoms with E-state index in [1.807, 2.05) is 0 Å². The minimum atomic E-state index is 1.02. The third-order valence-electron chi connectivity index (χ3n) is 2.81. The summed E-state index contributed by atoms with van der Waals surface area (Å²) in [6.07, 6.45) is 9.03. The van der Waals surface area contributed by atoms with Crippen molar-refractivity contribution in [3.05, 3.63) is 53.6 Å². The highest BCUT2D eigenvalue weighted by Crippen LogP contribution is 2.15. The smallest absolute Gasteiger partial charge is 0.0224 e. The molecule has 0 spiro atoms. The molecule has 0 fully saturated rings. The van der Waals surface area contributed by atoms with Crippen molar-refractivity contribution in [3.8, 4) is 0 Å². The Morgan fingerprint density at radius 2 is 2.00 bits per heavy atom. The van der Waals surface area contributed by atoms with Crippen LogP contribution in [0.4, 0.5) is 0 Å². The van der Waals surface area contributed by atoms with Crippen LogP contribution < -0.4 is 0 Å². The molecule has 0 nitrogen and oxygen atoms in total. The number of rotatable bonds is 6. The molecule has 0 bridgehead atoms. The predicted octanol–water partition coefficient (Wildman–Crippen LogP) is 5.01. The first-order chi connectivity index (χ1) is 7.77. The van der Waals surface area contributed by atoms with Crippen LogP contribution in [0.3, 0.4) is 0 Å². The Bertz CT molecular complexity index is 358. The fourth-order valence-corrected chi connectivity index (χ4v) is 1.62. The van der Waals surface area contributed by atoms with Crippen LogP contribution in [0.25, 0.3) is 6.08 Å².